The van der Waals surface area contributed by atoms with Gasteiger partial charge >= 0.3 is 0 Å². The number of rotatable bonds is 6. The topological polar surface area (TPSA) is 94.2 Å². The number of fused-ring (bicyclic) bond motifs is 1. The number of nitrogens with zero attached hydrogens (tertiary/aromatic N) is 5. The Bertz CT molecular complexity index is 1230. The molecule has 0 aliphatic heterocycles. The van der Waals surface area contributed by atoms with Crippen molar-refractivity contribution in [3.8, 4) is 0 Å². The number of aryl methyl sites for hydroxylation is 2. The monoisotopic (exact) mass is 421 g/mol. The second-order valence-corrected chi connectivity index (χ2v) is 7.97. The Hall–Kier alpha value is -3.59. The first-order valence-electron chi connectivity index (χ1n) is 9.34. The van der Waals surface area contributed by atoms with E-state index in [1.165, 1.54) is 29.5 Å². The lowest BCUT2D eigenvalue weighted by Crippen LogP contribution is -2.34. The van der Waals surface area contributed by atoms with E-state index in [1.54, 1.807) is 21.8 Å². The summed E-state index contributed by atoms with van der Waals surface area (Å²) in [4.78, 5) is 30.3. The van der Waals surface area contributed by atoms with E-state index >= 15 is 0 Å². The van der Waals surface area contributed by atoms with Crippen molar-refractivity contribution < 1.29 is 9.72 Å². The van der Waals surface area contributed by atoms with Gasteiger partial charge in [0.2, 0.25) is 0 Å². The molecule has 4 aromatic rings. The summed E-state index contributed by atoms with van der Waals surface area (Å²) in [6, 6.07) is 11.7. The molecular weight excluding hydrogens is 402 g/mol. The van der Waals surface area contributed by atoms with Gasteiger partial charge in [-0.1, -0.05) is 23.5 Å². The first-order valence-corrected chi connectivity index (χ1v) is 10.2. The Morgan fingerprint density at radius 1 is 1.23 bits per heavy atom. The lowest BCUT2D eigenvalue weighted by molar-refractivity contribution is -0.384. The minimum atomic E-state index is -0.505. The number of non-ortho nitro benzene ring substituents is 1. The van der Waals surface area contributed by atoms with Gasteiger partial charge in [0.1, 0.15) is 0 Å². The van der Waals surface area contributed by atoms with E-state index in [0.29, 0.717) is 18.2 Å². The molecule has 0 atom stereocenters. The van der Waals surface area contributed by atoms with E-state index in [0.717, 1.165) is 21.3 Å². The van der Waals surface area contributed by atoms with Crippen molar-refractivity contribution in [1.82, 2.24) is 14.8 Å². The average molecular weight is 421 g/mol. The SMILES string of the molecule is Cc1cc(C)c2nc(N(CCn3cccn3)C(=O)c3cccc([N+](=O)[O-])c3)sc2c1. The van der Waals surface area contributed by atoms with Gasteiger partial charge in [-0.25, -0.2) is 4.98 Å². The maximum absolute atomic E-state index is 13.3. The quantitative estimate of drug-likeness (QED) is 0.340. The molecule has 8 nitrogen and oxygen atoms in total. The smallest absolute Gasteiger partial charge is 0.270 e. The molecule has 0 saturated heterocycles. The number of thiazole rings is 1. The molecule has 2 heterocycles. The van der Waals surface area contributed by atoms with E-state index < -0.39 is 4.92 Å². The predicted molar refractivity (Wildman–Crippen MR) is 116 cm³/mol. The third-order valence-electron chi connectivity index (χ3n) is 4.71. The van der Waals surface area contributed by atoms with Crippen molar-refractivity contribution in [3.63, 3.8) is 0 Å². The number of anilines is 1. The zero-order valence-corrected chi connectivity index (χ0v) is 17.3. The third kappa shape index (κ3) is 3.92. The van der Waals surface area contributed by atoms with Gasteiger partial charge in [0, 0.05) is 36.6 Å². The van der Waals surface area contributed by atoms with Crippen LogP contribution >= 0.6 is 11.3 Å². The second-order valence-electron chi connectivity index (χ2n) is 6.96. The predicted octanol–water partition coefficient (Wildman–Crippen LogP) is 4.36. The van der Waals surface area contributed by atoms with Crippen molar-refractivity contribution >= 4 is 38.3 Å². The molecule has 9 heteroatoms. The Morgan fingerprint density at radius 3 is 2.80 bits per heavy atom. The molecule has 0 radical (unpaired) electrons. The highest BCUT2D eigenvalue weighted by Crippen LogP contribution is 2.32. The number of benzene rings is 2. The summed E-state index contributed by atoms with van der Waals surface area (Å²) in [6.07, 6.45) is 3.50. The summed E-state index contributed by atoms with van der Waals surface area (Å²) in [5.41, 5.74) is 3.16. The highest BCUT2D eigenvalue weighted by Gasteiger charge is 2.23. The van der Waals surface area contributed by atoms with Crippen LogP contribution in [0, 0.1) is 24.0 Å². The number of aromatic nitrogens is 3. The minimum Gasteiger partial charge on any atom is -0.282 e. The fraction of sp³-hybridized carbons (Fsp3) is 0.190. The summed E-state index contributed by atoms with van der Waals surface area (Å²) in [5.74, 6) is -0.334. The Morgan fingerprint density at radius 2 is 2.07 bits per heavy atom. The van der Waals surface area contributed by atoms with Crippen LogP contribution in [0.15, 0.2) is 54.9 Å². The van der Waals surface area contributed by atoms with Crippen molar-refractivity contribution in [1.29, 1.82) is 0 Å². The van der Waals surface area contributed by atoms with Crippen molar-refractivity contribution in [3.05, 3.63) is 81.7 Å². The van der Waals surface area contributed by atoms with Gasteiger partial charge < -0.3 is 0 Å². The fourth-order valence-electron chi connectivity index (χ4n) is 3.30. The molecule has 30 heavy (non-hydrogen) atoms. The van der Waals surface area contributed by atoms with Crippen LogP contribution in [0.3, 0.4) is 0 Å². The molecule has 1 amide bonds. The van der Waals surface area contributed by atoms with Crippen LogP contribution in [-0.4, -0.2) is 32.1 Å². The average Bonchev–Trinajstić information content (AvgIpc) is 3.38. The number of amides is 1. The number of carbonyl (C=O) groups is 1. The molecular formula is C21H19N5O3S. The molecule has 0 bridgehead atoms. The number of nitro groups is 1. The molecule has 0 fully saturated rings. The van der Waals surface area contributed by atoms with Gasteiger partial charge in [-0.15, -0.1) is 0 Å². The van der Waals surface area contributed by atoms with Crippen LogP contribution in [0.1, 0.15) is 21.5 Å². The van der Waals surface area contributed by atoms with Crippen molar-refractivity contribution in [2.24, 2.45) is 0 Å². The van der Waals surface area contributed by atoms with E-state index in [4.69, 9.17) is 4.98 Å². The number of carbonyl (C=O) groups excluding carboxylic acids is 1. The van der Waals surface area contributed by atoms with E-state index in [1.807, 2.05) is 32.2 Å². The van der Waals surface area contributed by atoms with Gasteiger partial charge in [0.25, 0.3) is 11.6 Å². The number of hydrogen-bond acceptors (Lipinski definition) is 6. The highest BCUT2D eigenvalue weighted by atomic mass is 32.1. The molecule has 2 aromatic carbocycles. The maximum atomic E-state index is 13.3. The molecule has 0 N–H and O–H groups in total. The lowest BCUT2D eigenvalue weighted by Gasteiger charge is -2.20. The fourth-order valence-corrected chi connectivity index (χ4v) is 4.47. The van der Waals surface area contributed by atoms with Crippen molar-refractivity contribution in [2.45, 2.75) is 20.4 Å². The van der Waals surface area contributed by atoms with E-state index in [2.05, 4.69) is 11.2 Å². The molecule has 2 aromatic heterocycles. The summed E-state index contributed by atoms with van der Waals surface area (Å²) in [7, 11) is 0. The van der Waals surface area contributed by atoms with Crippen LogP contribution < -0.4 is 4.90 Å². The highest BCUT2D eigenvalue weighted by molar-refractivity contribution is 7.22. The molecule has 152 valence electrons. The van der Waals surface area contributed by atoms with Crippen LogP contribution in [0.25, 0.3) is 10.2 Å². The van der Waals surface area contributed by atoms with E-state index in [9.17, 15) is 14.9 Å². The van der Waals surface area contributed by atoms with Crippen molar-refractivity contribution in [2.75, 3.05) is 11.4 Å². The molecule has 0 aliphatic carbocycles. The molecule has 0 spiro atoms. The third-order valence-corrected chi connectivity index (χ3v) is 5.74. The number of nitro benzene ring substituents is 1. The molecule has 4 rings (SSSR count). The van der Waals surface area contributed by atoms with Crippen LogP contribution in [0.5, 0.6) is 0 Å². The zero-order chi connectivity index (χ0) is 21.3. The normalized spacial score (nSPS) is 11.0. The first-order chi connectivity index (χ1) is 14.4. The summed E-state index contributed by atoms with van der Waals surface area (Å²) in [6.45, 7) is 4.83. The minimum absolute atomic E-state index is 0.122. The Balaban J connectivity index is 1.74. The lowest BCUT2D eigenvalue weighted by atomic mass is 10.1. The summed E-state index contributed by atoms with van der Waals surface area (Å²) < 4.78 is 2.73. The molecule has 0 unspecified atom stereocenters. The molecule has 0 aliphatic rings. The Kier molecular flexibility index (Phi) is 5.28. The summed E-state index contributed by atoms with van der Waals surface area (Å²) in [5, 5.41) is 15.9. The van der Waals surface area contributed by atoms with Gasteiger partial charge in [0.05, 0.1) is 21.7 Å². The zero-order valence-electron chi connectivity index (χ0n) is 16.5. The van der Waals surface area contributed by atoms with Crippen LogP contribution in [0.2, 0.25) is 0 Å². The standard InChI is InChI=1S/C21H19N5O3S/c1-14-11-15(2)19-18(12-14)30-21(23-19)25(10-9-24-8-4-7-22-24)20(27)16-5-3-6-17(13-16)26(28)29/h3-8,11-13H,9-10H2,1-2H3. The largest absolute Gasteiger partial charge is 0.282 e. The van der Waals surface area contributed by atoms with Crippen LogP contribution in [0.4, 0.5) is 10.8 Å². The Labute approximate surface area is 176 Å². The van der Waals surface area contributed by atoms with Crippen LogP contribution in [-0.2, 0) is 6.54 Å². The van der Waals surface area contributed by atoms with Gasteiger partial charge in [0.15, 0.2) is 5.13 Å². The van der Waals surface area contributed by atoms with Gasteiger partial charge in [-0.05, 0) is 43.2 Å². The maximum Gasteiger partial charge on any atom is 0.270 e. The van der Waals surface area contributed by atoms with Gasteiger partial charge in [-0.3, -0.25) is 24.5 Å². The van der Waals surface area contributed by atoms with Gasteiger partial charge in [-0.2, -0.15) is 5.10 Å². The molecule has 0 saturated carbocycles. The number of hydrogen-bond donors (Lipinski definition) is 0. The second kappa shape index (κ2) is 8.03. The summed E-state index contributed by atoms with van der Waals surface area (Å²) >= 11 is 1.43. The van der Waals surface area contributed by atoms with E-state index in [-0.39, 0.29) is 17.2 Å². The first kappa shape index (κ1) is 19.7.